The van der Waals surface area contributed by atoms with Gasteiger partial charge in [-0.25, -0.2) is 4.98 Å². The summed E-state index contributed by atoms with van der Waals surface area (Å²) >= 11 is 0. The van der Waals surface area contributed by atoms with Crippen LogP contribution in [0.25, 0.3) is 0 Å². The monoisotopic (exact) mass is 166 g/mol. The molecular formula is C8H10N2O2. The van der Waals surface area contributed by atoms with Crippen LogP contribution in [-0.2, 0) is 7.05 Å². The van der Waals surface area contributed by atoms with E-state index in [0.29, 0.717) is 12.5 Å². The van der Waals surface area contributed by atoms with Crippen LogP contribution in [0, 0.1) is 0 Å². The highest BCUT2D eigenvalue weighted by Crippen LogP contribution is 1.98. The first-order chi connectivity index (χ1) is 5.74. The molecule has 0 bridgehead atoms. The zero-order valence-electron chi connectivity index (χ0n) is 6.86. The van der Waals surface area contributed by atoms with Gasteiger partial charge in [-0.2, -0.15) is 0 Å². The number of hydrogen-bond donors (Lipinski definition) is 0. The van der Waals surface area contributed by atoms with Gasteiger partial charge in [-0.05, 0) is 0 Å². The molecule has 1 aromatic heterocycles. The standard InChI is InChI=1S/C8H10N2O2/c1-3-4-12-7-5-8(11)10(2)6-9-7/h3,5-6H,1,4H2,2H3. The van der Waals surface area contributed by atoms with Crippen LogP contribution in [0.5, 0.6) is 5.88 Å². The maximum absolute atomic E-state index is 11.0. The van der Waals surface area contributed by atoms with Crippen molar-refractivity contribution in [1.29, 1.82) is 0 Å². The Labute approximate surface area is 70.1 Å². The lowest BCUT2D eigenvalue weighted by atomic mass is 10.6. The molecule has 0 aromatic carbocycles. The number of aromatic nitrogens is 2. The molecule has 12 heavy (non-hydrogen) atoms. The highest BCUT2D eigenvalue weighted by atomic mass is 16.5. The van der Waals surface area contributed by atoms with Crippen LogP contribution in [0.4, 0.5) is 0 Å². The topological polar surface area (TPSA) is 44.1 Å². The average Bonchev–Trinajstić information content (AvgIpc) is 2.07. The van der Waals surface area contributed by atoms with Gasteiger partial charge < -0.3 is 9.30 Å². The van der Waals surface area contributed by atoms with Gasteiger partial charge in [0.15, 0.2) is 0 Å². The highest BCUT2D eigenvalue weighted by Gasteiger charge is 1.95. The first kappa shape index (κ1) is 8.52. The molecule has 4 nitrogen and oxygen atoms in total. The highest BCUT2D eigenvalue weighted by molar-refractivity contribution is 5.06. The van der Waals surface area contributed by atoms with Gasteiger partial charge in [-0.1, -0.05) is 12.7 Å². The van der Waals surface area contributed by atoms with Gasteiger partial charge in [0.1, 0.15) is 12.9 Å². The van der Waals surface area contributed by atoms with Crippen molar-refractivity contribution in [2.24, 2.45) is 7.05 Å². The number of aryl methyl sites for hydroxylation is 1. The molecule has 64 valence electrons. The second-order valence-electron chi connectivity index (χ2n) is 2.28. The van der Waals surface area contributed by atoms with Gasteiger partial charge >= 0.3 is 0 Å². The van der Waals surface area contributed by atoms with Gasteiger partial charge in [0.2, 0.25) is 5.88 Å². The van der Waals surface area contributed by atoms with Crippen molar-refractivity contribution in [2.45, 2.75) is 0 Å². The second kappa shape index (κ2) is 3.71. The van der Waals surface area contributed by atoms with Gasteiger partial charge in [0.05, 0.1) is 6.07 Å². The molecule has 0 amide bonds. The molecule has 1 aromatic rings. The van der Waals surface area contributed by atoms with Crippen LogP contribution >= 0.6 is 0 Å². The Hall–Kier alpha value is -1.58. The molecule has 0 saturated carbocycles. The minimum atomic E-state index is -0.135. The normalized spacial score (nSPS) is 9.42. The van der Waals surface area contributed by atoms with E-state index in [4.69, 9.17) is 4.74 Å². The number of ether oxygens (including phenoxy) is 1. The van der Waals surface area contributed by atoms with E-state index in [9.17, 15) is 4.79 Å². The van der Waals surface area contributed by atoms with E-state index in [1.807, 2.05) is 0 Å². The molecule has 0 saturated heterocycles. The molecule has 0 aliphatic rings. The third-order valence-corrected chi connectivity index (χ3v) is 1.30. The molecule has 0 aliphatic heterocycles. The van der Waals surface area contributed by atoms with Crippen molar-refractivity contribution in [1.82, 2.24) is 9.55 Å². The lowest BCUT2D eigenvalue weighted by Crippen LogP contribution is -2.16. The van der Waals surface area contributed by atoms with E-state index >= 15 is 0 Å². The number of rotatable bonds is 3. The SMILES string of the molecule is C=CCOc1cc(=O)n(C)cn1. The molecule has 0 radical (unpaired) electrons. The van der Waals surface area contributed by atoms with Gasteiger partial charge in [-0.15, -0.1) is 0 Å². The Kier molecular flexibility index (Phi) is 2.63. The van der Waals surface area contributed by atoms with Crippen molar-refractivity contribution >= 4 is 0 Å². The average molecular weight is 166 g/mol. The van der Waals surface area contributed by atoms with Crippen LogP contribution < -0.4 is 10.3 Å². The van der Waals surface area contributed by atoms with Crippen LogP contribution in [0.2, 0.25) is 0 Å². The second-order valence-corrected chi connectivity index (χ2v) is 2.28. The fraction of sp³-hybridized carbons (Fsp3) is 0.250. The largest absolute Gasteiger partial charge is 0.473 e. The Morgan fingerprint density at radius 3 is 3.17 bits per heavy atom. The van der Waals surface area contributed by atoms with E-state index in [0.717, 1.165) is 0 Å². The zero-order valence-corrected chi connectivity index (χ0v) is 6.86. The number of nitrogens with zero attached hydrogens (tertiary/aromatic N) is 2. The first-order valence-electron chi connectivity index (χ1n) is 3.50. The summed E-state index contributed by atoms with van der Waals surface area (Å²) in [7, 11) is 1.63. The maximum atomic E-state index is 11.0. The third kappa shape index (κ3) is 1.95. The zero-order chi connectivity index (χ0) is 8.97. The molecule has 0 atom stereocenters. The first-order valence-corrected chi connectivity index (χ1v) is 3.50. The molecule has 4 heteroatoms. The predicted molar refractivity (Wildman–Crippen MR) is 45.2 cm³/mol. The molecule has 1 heterocycles. The lowest BCUT2D eigenvalue weighted by Gasteiger charge is -2.01. The molecule has 0 aliphatic carbocycles. The summed E-state index contributed by atoms with van der Waals surface area (Å²) in [4.78, 5) is 14.9. The molecule has 0 N–H and O–H groups in total. The summed E-state index contributed by atoms with van der Waals surface area (Å²) in [6.45, 7) is 3.84. The van der Waals surface area contributed by atoms with Crippen molar-refractivity contribution in [3.63, 3.8) is 0 Å². The van der Waals surface area contributed by atoms with E-state index in [2.05, 4.69) is 11.6 Å². The van der Waals surface area contributed by atoms with Crippen molar-refractivity contribution < 1.29 is 4.74 Å². The van der Waals surface area contributed by atoms with Crippen LogP contribution in [0.1, 0.15) is 0 Å². The fourth-order valence-electron chi connectivity index (χ4n) is 0.668. The van der Waals surface area contributed by atoms with Crippen molar-refractivity contribution in [3.05, 3.63) is 35.4 Å². The minimum absolute atomic E-state index is 0.135. The van der Waals surface area contributed by atoms with Crippen LogP contribution in [-0.4, -0.2) is 16.2 Å². The summed E-state index contributed by atoms with van der Waals surface area (Å²) < 4.78 is 6.42. The maximum Gasteiger partial charge on any atom is 0.256 e. The third-order valence-electron chi connectivity index (χ3n) is 1.30. The quantitative estimate of drug-likeness (QED) is 0.608. The Morgan fingerprint density at radius 1 is 1.83 bits per heavy atom. The van der Waals surface area contributed by atoms with E-state index < -0.39 is 0 Å². The van der Waals surface area contributed by atoms with Crippen LogP contribution in [0.15, 0.2) is 29.8 Å². The summed E-state index contributed by atoms with van der Waals surface area (Å²) in [5, 5.41) is 0. The Bertz CT molecular complexity index is 330. The lowest BCUT2D eigenvalue weighted by molar-refractivity contribution is 0.346. The summed E-state index contributed by atoms with van der Waals surface area (Å²) in [5.41, 5.74) is -0.135. The molecular weight excluding hydrogens is 156 g/mol. The Balaban J connectivity index is 2.82. The molecule has 0 unspecified atom stereocenters. The molecule has 0 fully saturated rings. The van der Waals surface area contributed by atoms with E-state index in [1.165, 1.54) is 17.0 Å². The summed E-state index contributed by atoms with van der Waals surface area (Å²) in [6, 6.07) is 1.34. The van der Waals surface area contributed by atoms with Crippen molar-refractivity contribution in [2.75, 3.05) is 6.61 Å². The van der Waals surface area contributed by atoms with Crippen molar-refractivity contribution in [3.8, 4) is 5.88 Å². The van der Waals surface area contributed by atoms with E-state index in [-0.39, 0.29) is 5.56 Å². The molecule has 0 spiro atoms. The smallest absolute Gasteiger partial charge is 0.256 e. The van der Waals surface area contributed by atoms with Gasteiger partial charge in [-0.3, -0.25) is 4.79 Å². The fourth-order valence-corrected chi connectivity index (χ4v) is 0.668. The van der Waals surface area contributed by atoms with Gasteiger partial charge in [0.25, 0.3) is 5.56 Å². The Morgan fingerprint density at radius 2 is 2.58 bits per heavy atom. The van der Waals surface area contributed by atoms with Gasteiger partial charge in [0, 0.05) is 7.05 Å². The summed E-state index contributed by atoms with van der Waals surface area (Å²) in [6.07, 6.45) is 3.01. The summed E-state index contributed by atoms with van der Waals surface area (Å²) in [5.74, 6) is 0.331. The predicted octanol–water partition coefficient (Wildman–Crippen LogP) is 0.345. The van der Waals surface area contributed by atoms with E-state index in [1.54, 1.807) is 13.1 Å². The minimum Gasteiger partial charge on any atom is -0.473 e. The van der Waals surface area contributed by atoms with Crippen LogP contribution in [0.3, 0.4) is 0 Å². The molecule has 1 rings (SSSR count). The number of hydrogen-bond acceptors (Lipinski definition) is 3.